The number of carbonyl (C=O) groups excluding carboxylic acids is 6. The monoisotopic (exact) mass is 892 g/mol. The third-order valence-electron chi connectivity index (χ3n) is 12.6. The SMILES string of the molecule is CC1CN(c2cc(F)c(C3=CCN(C(=O)CCCCCCNc4cccc5c4C(=O)N(C4CCC(=O)NC4=O)C5=O)CC3)cc2NC(=O)C2=CNC(O)C=C2C(F)(F)F)C[C@H](C)N1C. The smallest absolute Gasteiger partial charge is 0.384 e. The van der Waals surface area contributed by atoms with Gasteiger partial charge in [0.1, 0.15) is 18.1 Å². The number of aliphatic hydroxyl groups is 1. The first-order chi connectivity index (χ1) is 30.4. The van der Waals surface area contributed by atoms with Gasteiger partial charge in [-0.25, -0.2) is 4.39 Å². The Hall–Kier alpha value is -6.08. The Labute approximate surface area is 367 Å². The van der Waals surface area contributed by atoms with Crippen LogP contribution >= 0.6 is 0 Å². The molecule has 5 aliphatic rings. The van der Waals surface area contributed by atoms with E-state index in [0.717, 1.165) is 23.9 Å². The number of nitrogens with one attached hydrogen (secondary N) is 4. The number of hydrogen-bond donors (Lipinski definition) is 5. The van der Waals surface area contributed by atoms with E-state index in [1.54, 1.807) is 23.1 Å². The minimum atomic E-state index is -4.93. The van der Waals surface area contributed by atoms with Crippen LogP contribution in [0.1, 0.15) is 91.5 Å². The molecule has 5 N–H and O–H groups in total. The lowest BCUT2D eigenvalue weighted by molar-refractivity contribution is -0.136. The molecule has 4 atom stereocenters. The molecule has 2 aromatic carbocycles. The summed E-state index contributed by atoms with van der Waals surface area (Å²) in [6, 6.07) is 6.67. The van der Waals surface area contributed by atoms with Gasteiger partial charge in [-0.1, -0.05) is 25.0 Å². The van der Waals surface area contributed by atoms with Gasteiger partial charge in [0, 0.05) is 75.1 Å². The average Bonchev–Trinajstić information content (AvgIpc) is 3.51. The lowest BCUT2D eigenvalue weighted by Gasteiger charge is -2.44. The molecule has 0 saturated carbocycles. The van der Waals surface area contributed by atoms with E-state index in [4.69, 9.17) is 0 Å². The Morgan fingerprint density at radius 1 is 0.938 bits per heavy atom. The van der Waals surface area contributed by atoms with Crippen molar-refractivity contribution in [3.05, 3.63) is 82.3 Å². The summed E-state index contributed by atoms with van der Waals surface area (Å²) in [5.74, 6) is -4.01. The number of halogens is 4. The van der Waals surface area contributed by atoms with Crippen molar-refractivity contribution in [3.8, 4) is 0 Å². The molecule has 0 aliphatic carbocycles. The van der Waals surface area contributed by atoms with Crippen molar-refractivity contribution < 1.29 is 51.4 Å². The van der Waals surface area contributed by atoms with Crippen molar-refractivity contribution in [3.63, 3.8) is 0 Å². The number of piperazine rings is 1. The number of alkyl halides is 3. The molecule has 5 heterocycles. The van der Waals surface area contributed by atoms with Crippen LogP contribution in [0.5, 0.6) is 0 Å². The summed E-state index contributed by atoms with van der Waals surface area (Å²) in [5, 5.41) is 20.2. The summed E-state index contributed by atoms with van der Waals surface area (Å²) >= 11 is 0. The highest BCUT2D eigenvalue weighted by atomic mass is 19.4. The van der Waals surface area contributed by atoms with E-state index >= 15 is 4.39 Å². The maximum Gasteiger partial charge on any atom is 0.417 e. The molecule has 15 nitrogen and oxygen atoms in total. The summed E-state index contributed by atoms with van der Waals surface area (Å²) in [6.07, 6.45) is 0.0817. The minimum Gasteiger partial charge on any atom is -0.384 e. The van der Waals surface area contributed by atoms with Crippen molar-refractivity contribution in [1.29, 1.82) is 0 Å². The predicted molar refractivity (Wildman–Crippen MR) is 229 cm³/mol. The van der Waals surface area contributed by atoms with Gasteiger partial charge in [-0.15, -0.1) is 0 Å². The Kier molecular flexibility index (Phi) is 13.6. The standard InChI is InChI=1S/C45H52F4N8O7/c1-25-23-56(24-26(2)54(25)3)36-21-32(46)29(19-34(36)52-41(61)30-22-51-38(59)20-31(30)45(47,48)49)27-14-17-55(18-15-27)39(60)11-6-4-5-7-16-50-33-10-8-9-28-40(33)44(64)57(43(28)63)35-12-13-37(58)53-42(35)62/h8-10,14,19-22,25-26,35,38,50-51,59H,4-7,11-13,15-18,23-24H2,1-3H3,(H,52,61)(H,53,58,62)/t25-,26?,35?,38?/m0/s1. The van der Waals surface area contributed by atoms with E-state index in [-0.39, 0.29) is 59.8 Å². The summed E-state index contributed by atoms with van der Waals surface area (Å²) < 4.78 is 58.0. The molecule has 5 aliphatic heterocycles. The van der Waals surface area contributed by atoms with E-state index in [1.165, 1.54) is 18.2 Å². The van der Waals surface area contributed by atoms with Crippen LogP contribution in [-0.2, 0) is 19.2 Å². The first-order valence-electron chi connectivity index (χ1n) is 21.5. The first kappa shape index (κ1) is 45.9. The number of anilines is 3. The summed E-state index contributed by atoms with van der Waals surface area (Å²) in [6.45, 7) is 5.98. The maximum absolute atomic E-state index is 16.1. The zero-order valence-electron chi connectivity index (χ0n) is 35.8. The number of carbonyl (C=O) groups is 6. The summed E-state index contributed by atoms with van der Waals surface area (Å²) in [5.41, 5.74) is 0.0261. The fraction of sp³-hybridized carbons (Fsp3) is 0.467. The van der Waals surface area contributed by atoms with E-state index in [0.29, 0.717) is 74.9 Å². The lowest BCUT2D eigenvalue weighted by Crippen LogP contribution is -2.55. The van der Waals surface area contributed by atoms with Crippen LogP contribution in [0.2, 0.25) is 0 Å². The number of fused-ring (bicyclic) bond motifs is 1. The summed E-state index contributed by atoms with van der Waals surface area (Å²) in [4.78, 5) is 83.9. The second kappa shape index (κ2) is 18.9. The highest BCUT2D eigenvalue weighted by molar-refractivity contribution is 6.25. The third kappa shape index (κ3) is 9.69. The maximum atomic E-state index is 16.1. The van der Waals surface area contributed by atoms with Gasteiger partial charge in [-0.05, 0) is 82.5 Å². The quantitative estimate of drug-likeness (QED) is 0.107. The number of benzene rings is 2. The minimum absolute atomic E-state index is 0.0297. The van der Waals surface area contributed by atoms with Crippen LogP contribution < -0.4 is 26.2 Å². The summed E-state index contributed by atoms with van der Waals surface area (Å²) in [7, 11) is 1.97. The molecule has 7 rings (SSSR count). The van der Waals surface area contributed by atoms with Crippen LogP contribution in [0.4, 0.5) is 34.6 Å². The molecule has 0 aromatic heterocycles. The van der Waals surface area contributed by atoms with Crippen LogP contribution in [-0.4, -0.2) is 126 Å². The van der Waals surface area contributed by atoms with Crippen molar-refractivity contribution in [2.45, 2.75) is 95.7 Å². The van der Waals surface area contributed by atoms with E-state index in [9.17, 15) is 47.0 Å². The Morgan fingerprint density at radius 2 is 1.67 bits per heavy atom. The lowest BCUT2D eigenvalue weighted by atomic mass is 9.96. The van der Waals surface area contributed by atoms with Crippen molar-refractivity contribution >= 4 is 58.1 Å². The fourth-order valence-corrected chi connectivity index (χ4v) is 8.88. The van der Waals surface area contributed by atoms with Crippen molar-refractivity contribution in [1.82, 2.24) is 25.3 Å². The molecular weight excluding hydrogens is 841 g/mol. The van der Waals surface area contributed by atoms with Gasteiger partial charge in [-0.3, -0.25) is 43.9 Å². The number of amides is 6. The first-order valence-corrected chi connectivity index (χ1v) is 21.5. The predicted octanol–water partition coefficient (Wildman–Crippen LogP) is 4.67. The van der Waals surface area contributed by atoms with Gasteiger partial charge >= 0.3 is 6.18 Å². The van der Waals surface area contributed by atoms with Crippen LogP contribution in [0.3, 0.4) is 0 Å². The highest BCUT2D eigenvalue weighted by Gasteiger charge is 2.46. The van der Waals surface area contributed by atoms with Gasteiger partial charge in [0.2, 0.25) is 17.7 Å². The van der Waals surface area contributed by atoms with Gasteiger partial charge in [0.05, 0.1) is 33.6 Å². The zero-order valence-corrected chi connectivity index (χ0v) is 35.8. The Morgan fingerprint density at radius 3 is 2.36 bits per heavy atom. The second-order valence-corrected chi connectivity index (χ2v) is 16.9. The molecule has 342 valence electrons. The normalized spacial score (nSPS) is 22.9. The van der Waals surface area contributed by atoms with Gasteiger partial charge in [-0.2, -0.15) is 13.2 Å². The van der Waals surface area contributed by atoms with Gasteiger partial charge < -0.3 is 30.9 Å². The molecule has 0 radical (unpaired) electrons. The molecule has 64 heavy (non-hydrogen) atoms. The molecule has 0 spiro atoms. The van der Waals surface area contributed by atoms with Crippen molar-refractivity contribution in [2.75, 3.05) is 55.3 Å². The van der Waals surface area contributed by atoms with E-state index in [1.807, 2.05) is 25.8 Å². The topological polar surface area (TPSA) is 184 Å². The zero-order chi connectivity index (χ0) is 46.0. The van der Waals surface area contributed by atoms with Gasteiger partial charge in [0.15, 0.2) is 0 Å². The number of piperidine rings is 1. The molecular formula is C45H52F4N8O7. The second-order valence-electron chi connectivity index (χ2n) is 16.9. The number of rotatable bonds is 13. The fourth-order valence-electron chi connectivity index (χ4n) is 8.88. The molecule has 19 heteroatoms. The van der Waals surface area contributed by atoms with E-state index in [2.05, 4.69) is 26.2 Å². The molecule has 6 amide bonds. The number of imide groups is 2. The molecule has 0 bridgehead atoms. The largest absolute Gasteiger partial charge is 0.417 e. The van der Waals surface area contributed by atoms with E-state index < -0.39 is 64.9 Å². The highest BCUT2D eigenvalue weighted by Crippen LogP contribution is 2.39. The molecule has 2 fully saturated rings. The number of nitrogens with zero attached hydrogens (tertiary/aromatic N) is 4. The van der Waals surface area contributed by atoms with Crippen LogP contribution in [0.25, 0.3) is 5.57 Å². The number of dihydropyridines is 1. The Bertz CT molecular complexity index is 2320. The van der Waals surface area contributed by atoms with Gasteiger partial charge in [0.25, 0.3) is 17.7 Å². The average molecular weight is 893 g/mol. The molecule has 3 unspecified atom stereocenters. The number of hydrogen-bond acceptors (Lipinski definition) is 11. The van der Waals surface area contributed by atoms with Crippen LogP contribution in [0, 0.1) is 5.82 Å². The third-order valence-corrected chi connectivity index (χ3v) is 12.6. The van der Waals surface area contributed by atoms with Crippen molar-refractivity contribution in [2.24, 2.45) is 0 Å². The Balaban J connectivity index is 0.933. The molecule has 2 saturated heterocycles. The number of unbranched alkanes of at least 4 members (excludes halogenated alkanes) is 3. The number of aliphatic hydroxyl groups excluding tert-OH is 1. The van der Waals surface area contributed by atoms with Crippen LogP contribution in [0.15, 0.2) is 59.8 Å². The number of likely N-dealkylation sites (N-methyl/N-ethyl adjacent to an activating group) is 1. The molecule has 2 aromatic rings.